The molecule has 2 fully saturated rings. The third-order valence-corrected chi connectivity index (χ3v) is 5.64. The summed E-state index contributed by atoms with van der Waals surface area (Å²) in [5.41, 5.74) is 1.14. The molecule has 6 heteroatoms. The van der Waals surface area contributed by atoms with E-state index in [-0.39, 0.29) is 11.8 Å². The van der Waals surface area contributed by atoms with Gasteiger partial charge >= 0.3 is 0 Å². The van der Waals surface area contributed by atoms with Crippen LogP contribution in [0.15, 0.2) is 24.3 Å². The molecule has 0 aliphatic carbocycles. The second-order valence-corrected chi connectivity index (χ2v) is 7.75. The van der Waals surface area contributed by atoms with Crippen LogP contribution in [-0.4, -0.2) is 26.5 Å². The number of sulfonamides is 1. The third-order valence-electron chi connectivity index (χ3n) is 4.23. The smallest absolute Gasteiger partial charge is 0.216 e. The van der Waals surface area contributed by atoms with Crippen molar-refractivity contribution in [2.24, 2.45) is 0 Å². The van der Waals surface area contributed by atoms with Crippen LogP contribution in [0.3, 0.4) is 0 Å². The lowest BCUT2D eigenvalue weighted by Crippen LogP contribution is -2.48. The summed E-state index contributed by atoms with van der Waals surface area (Å²) in [6.07, 6.45) is 4.03. The Kier molecular flexibility index (Phi) is 3.98. The fourth-order valence-electron chi connectivity index (χ4n) is 3.40. The highest BCUT2D eigenvalue weighted by molar-refractivity contribution is 7.88. The summed E-state index contributed by atoms with van der Waals surface area (Å²) >= 11 is 0. The first-order valence-corrected chi connectivity index (χ1v) is 8.94. The number of nitriles is 1. The molecule has 21 heavy (non-hydrogen) atoms. The Morgan fingerprint density at radius 2 is 2.00 bits per heavy atom. The van der Waals surface area contributed by atoms with Crippen LogP contribution in [-0.2, 0) is 15.8 Å². The van der Waals surface area contributed by atoms with Crippen LogP contribution in [0.25, 0.3) is 0 Å². The molecule has 2 atom stereocenters. The van der Waals surface area contributed by atoms with E-state index < -0.39 is 10.0 Å². The van der Waals surface area contributed by atoms with Crippen molar-refractivity contribution in [2.45, 2.75) is 49.6 Å². The van der Waals surface area contributed by atoms with E-state index in [4.69, 9.17) is 5.26 Å². The van der Waals surface area contributed by atoms with Gasteiger partial charge in [-0.25, -0.2) is 13.1 Å². The molecule has 1 aromatic rings. The first kappa shape index (κ1) is 14.5. The molecular formula is C15H19N3O2S. The Labute approximate surface area is 125 Å². The van der Waals surface area contributed by atoms with Crippen LogP contribution in [0.2, 0.25) is 0 Å². The van der Waals surface area contributed by atoms with Gasteiger partial charge in [0.1, 0.15) is 0 Å². The van der Waals surface area contributed by atoms with Crippen molar-refractivity contribution in [1.29, 1.82) is 5.26 Å². The van der Waals surface area contributed by atoms with E-state index >= 15 is 0 Å². The highest BCUT2D eigenvalue weighted by Gasteiger charge is 2.34. The largest absolute Gasteiger partial charge is 0.311 e. The molecule has 2 bridgehead atoms. The van der Waals surface area contributed by atoms with Gasteiger partial charge in [-0.1, -0.05) is 12.1 Å². The van der Waals surface area contributed by atoms with E-state index in [2.05, 4.69) is 10.0 Å². The van der Waals surface area contributed by atoms with Crippen LogP contribution in [0.1, 0.15) is 36.8 Å². The van der Waals surface area contributed by atoms with Crippen molar-refractivity contribution in [1.82, 2.24) is 10.0 Å². The summed E-state index contributed by atoms with van der Waals surface area (Å²) in [5.74, 6) is -0.0677. The maximum atomic E-state index is 12.3. The highest BCUT2D eigenvalue weighted by Crippen LogP contribution is 2.27. The first-order valence-electron chi connectivity index (χ1n) is 7.29. The Morgan fingerprint density at radius 1 is 1.29 bits per heavy atom. The predicted octanol–water partition coefficient (Wildman–Crippen LogP) is 1.26. The van der Waals surface area contributed by atoms with Crippen LogP contribution >= 0.6 is 0 Å². The molecule has 0 saturated carbocycles. The lowest BCUT2D eigenvalue weighted by Gasteiger charge is -2.29. The molecule has 0 aromatic heterocycles. The van der Waals surface area contributed by atoms with Crippen molar-refractivity contribution < 1.29 is 8.42 Å². The van der Waals surface area contributed by atoms with Crippen molar-refractivity contribution in [3.8, 4) is 6.07 Å². The summed E-state index contributed by atoms with van der Waals surface area (Å²) in [6.45, 7) is 0. The third kappa shape index (κ3) is 3.62. The Balaban J connectivity index is 1.65. The number of nitrogens with one attached hydrogen (secondary N) is 2. The Bertz CT molecular complexity index is 654. The fraction of sp³-hybridized carbons (Fsp3) is 0.533. The molecule has 3 rings (SSSR count). The molecular weight excluding hydrogens is 286 g/mol. The second kappa shape index (κ2) is 5.76. The van der Waals surface area contributed by atoms with E-state index in [0.29, 0.717) is 23.2 Å². The number of piperidine rings is 1. The van der Waals surface area contributed by atoms with Gasteiger partial charge in [-0.15, -0.1) is 0 Å². The minimum atomic E-state index is -3.37. The zero-order chi connectivity index (χ0) is 14.9. The van der Waals surface area contributed by atoms with Gasteiger partial charge < -0.3 is 5.32 Å². The van der Waals surface area contributed by atoms with Crippen molar-refractivity contribution in [3.63, 3.8) is 0 Å². The van der Waals surface area contributed by atoms with E-state index in [1.165, 1.54) is 0 Å². The molecule has 1 aromatic carbocycles. The standard InChI is InChI=1S/C15H19N3O2S/c16-9-11-2-1-3-12(6-11)10-21(19,20)18-15-7-13-4-5-14(8-15)17-13/h1-3,6,13-15,17-18H,4-5,7-8,10H2. The average molecular weight is 305 g/mol. The Hall–Kier alpha value is -1.42. The summed E-state index contributed by atoms with van der Waals surface area (Å²) < 4.78 is 27.4. The molecule has 112 valence electrons. The minimum Gasteiger partial charge on any atom is -0.311 e. The number of nitrogens with zero attached hydrogens (tertiary/aromatic N) is 1. The fourth-order valence-corrected chi connectivity index (χ4v) is 4.80. The van der Waals surface area contributed by atoms with E-state index in [0.717, 1.165) is 25.7 Å². The zero-order valence-corrected chi connectivity index (χ0v) is 12.6. The van der Waals surface area contributed by atoms with Gasteiger partial charge in [0.2, 0.25) is 10.0 Å². The van der Waals surface area contributed by atoms with Gasteiger partial charge in [-0.2, -0.15) is 5.26 Å². The number of fused-ring (bicyclic) bond motifs is 2. The van der Waals surface area contributed by atoms with Crippen LogP contribution in [0, 0.1) is 11.3 Å². The predicted molar refractivity (Wildman–Crippen MR) is 79.9 cm³/mol. The van der Waals surface area contributed by atoms with E-state index in [1.54, 1.807) is 24.3 Å². The van der Waals surface area contributed by atoms with Crippen molar-refractivity contribution >= 4 is 10.0 Å². The number of benzene rings is 1. The van der Waals surface area contributed by atoms with Gasteiger partial charge in [0.15, 0.2) is 0 Å². The number of hydrogen-bond acceptors (Lipinski definition) is 4. The van der Waals surface area contributed by atoms with Crippen LogP contribution < -0.4 is 10.0 Å². The van der Waals surface area contributed by atoms with Gasteiger partial charge in [0.25, 0.3) is 0 Å². The average Bonchev–Trinajstić information content (AvgIpc) is 2.77. The molecule has 5 nitrogen and oxygen atoms in total. The zero-order valence-electron chi connectivity index (χ0n) is 11.7. The molecule has 0 spiro atoms. The molecule has 0 radical (unpaired) electrons. The van der Waals surface area contributed by atoms with Gasteiger partial charge in [0.05, 0.1) is 17.4 Å². The molecule has 0 amide bonds. The molecule has 2 heterocycles. The summed E-state index contributed by atoms with van der Waals surface area (Å²) in [4.78, 5) is 0. The monoisotopic (exact) mass is 305 g/mol. The lowest BCUT2D eigenvalue weighted by atomic mass is 10.0. The molecule has 2 saturated heterocycles. The normalized spacial score (nSPS) is 28.2. The maximum Gasteiger partial charge on any atom is 0.216 e. The topological polar surface area (TPSA) is 82.0 Å². The van der Waals surface area contributed by atoms with Gasteiger partial charge in [0, 0.05) is 18.1 Å². The summed E-state index contributed by atoms with van der Waals surface area (Å²) in [7, 11) is -3.37. The minimum absolute atomic E-state index is 0.0351. The van der Waals surface area contributed by atoms with Gasteiger partial charge in [-0.05, 0) is 43.4 Å². The molecule has 2 aliphatic heterocycles. The van der Waals surface area contributed by atoms with E-state index in [1.807, 2.05) is 6.07 Å². The van der Waals surface area contributed by atoms with Crippen molar-refractivity contribution in [2.75, 3.05) is 0 Å². The SMILES string of the molecule is N#Cc1cccc(CS(=O)(=O)NC2CC3CCC(C2)N3)c1. The van der Waals surface area contributed by atoms with Crippen LogP contribution in [0.4, 0.5) is 0 Å². The number of hydrogen-bond donors (Lipinski definition) is 2. The van der Waals surface area contributed by atoms with Gasteiger partial charge in [-0.3, -0.25) is 0 Å². The lowest BCUT2D eigenvalue weighted by molar-refractivity contribution is 0.345. The molecule has 2 unspecified atom stereocenters. The molecule has 2 aliphatic rings. The maximum absolute atomic E-state index is 12.3. The summed E-state index contributed by atoms with van der Waals surface area (Å²) in [6, 6.07) is 9.74. The molecule has 2 N–H and O–H groups in total. The summed E-state index contributed by atoms with van der Waals surface area (Å²) in [5, 5.41) is 12.4. The first-order chi connectivity index (χ1) is 10.0. The Morgan fingerprint density at radius 3 is 2.67 bits per heavy atom. The van der Waals surface area contributed by atoms with Crippen LogP contribution in [0.5, 0.6) is 0 Å². The van der Waals surface area contributed by atoms with E-state index in [9.17, 15) is 8.42 Å². The number of rotatable bonds is 4. The van der Waals surface area contributed by atoms with Crippen molar-refractivity contribution in [3.05, 3.63) is 35.4 Å². The highest BCUT2D eigenvalue weighted by atomic mass is 32.2. The quantitative estimate of drug-likeness (QED) is 0.877. The second-order valence-electron chi connectivity index (χ2n) is 6.00.